The number of halogens is 1. The molecular formula is C27H22ClN5O3S. The molecule has 0 radical (unpaired) electrons. The summed E-state index contributed by atoms with van der Waals surface area (Å²) in [6, 6.07) is 22.6. The van der Waals surface area contributed by atoms with Gasteiger partial charge in [-0.05, 0) is 35.4 Å². The predicted molar refractivity (Wildman–Crippen MR) is 146 cm³/mol. The Bertz CT molecular complexity index is 1470. The van der Waals surface area contributed by atoms with Gasteiger partial charge in [-0.25, -0.2) is 15.4 Å². The van der Waals surface area contributed by atoms with E-state index in [-0.39, 0.29) is 17.5 Å². The first kappa shape index (κ1) is 24.5. The second kappa shape index (κ2) is 10.8. The van der Waals surface area contributed by atoms with Crippen LogP contribution in [0.15, 0.2) is 88.4 Å². The standard InChI is InChI=1S/C27H22ClN5O3S/c1-36-24-9-5-8-19(25(24)34)15-29-31-26(35)22-16-37-27(30-22)33-23(18-10-12-20(28)13-11-18)14-21(32-33)17-6-3-2-4-7-17/h2-13,15-16,23,34H,14H2,1H3,(H,31,35). The first-order chi connectivity index (χ1) is 18.0. The molecule has 0 fully saturated rings. The summed E-state index contributed by atoms with van der Waals surface area (Å²) in [7, 11) is 1.46. The molecule has 1 aliphatic heterocycles. The molecule has 0 bridgehead atoms. The molecule has 1 aromatic heterocycles. The second-order valence-electron chi connectivity index (χ2n) is 8.14. The number of rotatable bonds is 7. The van der Waals surface area contributed by atoms with E-state index >= 15 is 0 Å². The van der Waals surface area contributed by atoms with Gasteiger partial charge in [-0.2, -0.15) is 10.2 Å². The summed E-state index contributed by atoms with van der Waals surface area (Å²) in [5, 5.41) is 23.8. The lowest BCUT2D eigenvalue weighted by Gasteiger charge is -2.21. The Morgan fingerprint density at radius 1 is 1.16 bits per heavy atom. The van der Waals surface area contributed by atoms with Crippen LogP contribution in [0.3, 0.4) is 0 Å². The molecule has 0 saturated carbocycles. The molecule has 1 unspecified atom stereocenters. The highest BCUT2D eigenvalue weighted by Gasteiger charge is 2.32. The van der Waals surface area contributed by atoms with Gasteiger partial charge < -0.3 is 9.84 Å². The zero-order valence-electron chi connectivity index (χ0n) is 19.7. The van der Waals surface area contributed by atoms with Crippen LogP contribution in [0.5, 0.6) is 11.5 Å². The summed E-state index contributed by atoms with van der Waals surface area (Å²) >= 11 is 7.43. The van der Waals surface area contributed by atoms with E-state index in [4.69, 9.17) is 21.4 Å². The monoisotopic (exact) mass is 531 g/mol. The molecule has 1 amide bonds. The van der Waals surface area contributed by atoms with Crippen molar-refractivity contribution in [3.05, 3.63) is 106 Å². The van der Waals surface area contributed by atoms with Crippen molar-refractivity contribution >= 4 is 45.9 Å². The highest BCUT2D eigenvalue weighted by molar-refractivity contribution is 7.14. The number of phenolic OH excluding ortho intramolecular Hbond substituents is 1. The number of thiazole rings is 1. The third-order valence-corrected chi connectivity index (χ3v) is 6.89. The number of carbonyl (C=O) groups is 1. The van der Waals surface area contributed by atoms with E-state index in [0.717, 1.165) is 16.8 Å². The van der Waals surface area contributed by atoms with Gasteiger partial charge in [-0.1, -0.05) is 60.1 Å². The minimum atomic E-state index is -0.476. The normalized spacial score (nSPS) is 15.1. The summed E-state index contributed by atoms with van der Waals surface area (Å²) in [5.41, 5.74) is 6.09. The lowest BCUT2D eigenvalue weighted by Crippen LogP contribution is -2.20. The number of aromatic nitrogens is 1. The molecule has 1 aliphatic rings. The van der Waals surface area contributed by atoms with Crippen LogP contribution in [-0.2, 0) is 0 Å². The van der Waals surface area contributed by atoms with Crippen molar-refractivity contribution in [1.29, 1.82) is 0 Å². The molecule has 2 N–H and O–H groups in total. The smallest absolute Gasteiger partial charge is 0.290 e. The van der Waals surface area contributed by atoms with Crippen LogP contribution in [0, 0.1) is 0 Å². The molecule has 0 saturated heterocycles. The average molecular weight is 532 g/mol. The number of phenols is 1. The van der Waals surface area contributed by atoms with E-state index in [2.05, 4.69) is 15.5 Å². The van der Waals surface area contributed by atoms with Gasteiger partial charge in [0.25, 0.3) is 5.91 Å². The largest absolute Gasteiger partial charge is 0.504 e. The van der Waals surface area contributed by atoms with Crippen LogP contribution >= 0.6 is 22.9 Å². The van der Waals surface area contributed by atoms with Gasteiger partial charge in [-0.3, -0.25) is 4.79 Å². The van der Waals surface area contributed by atoms with Crippen molar-refractivity contribution in [2.24, 2.45) is 10.2 Å². The average Bonchev–Trinajstić information content (AvgIpc) is 3.59. The quantitative estimate of drug-likeness (QED) is 0.238. The highest BCUT2D eigenvalue weighted by Crippen LogP contribution is 2.38. The SMILES string of the molecule is COc1cccc(C=NNC(=O)c2csc(N3N=C(c4ccccc4)CC3c3ccc(Cl)cc3)n2)c1O. The Kier molecular flexibility index (Phi) is 7.16. The van der Waals surface area contributed by atoms with E-state index in [1.165, 1.54) is 24.7 Å². The Hall–Kier alpha value is -4.21. The number of carbonyl (C=O) groups excluding carboxylic acids is 1. The number of nitrogens with zero attached hydrogens (tertiary/aromatic N) is 4. The molecular weight excluding hydrogens is 510 g/mol. The van der Waals surface area contributed by atoms with E-state index in [9.17, 15) is 9.90 Å². The fraction of sp³-hybridized carbons (Fsp3) is 0.111. The number of benzene rings is 3. The second-order valence-corrected chi connectivity index (χ2v) is 9.41. The number of hydrogen-bond acceptors (Lipinski definition) is 8. The lowest BCUT2D eigenvalue weighted by atomic mass is 9.99. The zero-order valence-corrected chi connectivity index (χ0v) is 21.3. The van der Waals surface area contributed by atoms with Crippen molar-refractivity contribution in [3.8, 4) is 11.5 Å². The third-order valence-electron chi connectivity index (χ3n) is 5.81. The summed E-state index contributed by atoms with van der Waals surface area (Å²) < 4.78 is 5.09. The van der Waals surface area contributed by atoms with Crippen LogP contribution < -0.4 is 15.2 Å². The molecule has 5 rings (SSSR count). The summed E-state index contributed by atoms with van der Waals surface area (Å²) in [6.07, 6.45) is 2.03. The number of anilines is 1. The summed E-state index contributed by atoms with van der Waals surface area (Å²) in [4.78, 5) is 17.2. The number of hydrogen-bond donors (Lipinski definition) is 2. The van der Waals surface area contributed by atoms with E-state index in [0.29, 0.717) is 27.9 Å². The highest BCUT2D eigenvalue weighted by atomic mass is 35.5. The van der Waals surface area contributed by atoms with E-state index < -0.39 is 5.91 Å². The molecule has 0 spiro atoms. The van der Waals surface area contributed by atoms with Crippen LogP contribution in [0.4, 0.5) is 5.13 Å². The van der Waals surface area contributed by atoms with Crippen molar-refractivity contribution in [1.82, 2.24) is 10.4 Å². The molecule has 10 heteroatoms. The minimum absolute atomic E-state index is 0.0618. The lowest BCUT2D eigenvalue weighted by molar-refractivity contribution is 0.0951. The molecule has 2 heterocycles. The topological polar surface area (TPSA) is 99.4 Å². The van der Waals surface area contributed by atoms with Crippen molar-refractivity contribution < 1.29 is 14.6 Å². The number of hydrazone groups is 2. The van der Waals surface area contributed by atoms with Gasteiger partial charge in [-0.15, -0.1) is 11.3 Å². The van der Waals surface area contributed by atoms with Gasteiger partial charge >= 0.3 is 0 Å². The minimum Gasteiger partial charge on any atom is -0.504 e. The van der Waals surface area contributed by atoms with Gasteiger partial charge in [0, 0.05) is 22.4 Å². The first-order valence-corrected chi connectivity index (χ1v) is 12.6. The molecule has 0 aliphatic carbocycles. The van der Waals surface area contributed by atoms with Crippen molar-refractivity contribution in [2.75, 3.05) is 12.1 Å². The van der Waals surface area contributed by atoms with Crippen LogP contribution in [0.1, 0.15) is 39.6 Å². The molecule has 4 aromatic rings. The first-order valence-electron chi connectivity index (χ1n) is 11.4. The van der Waals surface area contributed by atoms with E-state index in [1.54, 1.807) is 23.6 Å². The third kappa shape index (κ3) is 5.32. The van der Waals surface area contributed by atoms with Gasteiger partial charge in [0.1, 0.15) is 5.69 Å². The zero-order chi connectivity index (χ0) is 25.8. The van der Waals surface area contributed by atoms with E-state index in [1.807, 2.05) is 59.6 Å². The maximum Gasteiger partial charge on any atom is 0.290 e. The molecule has 37 heavy (non-hydrogen) atoms. The number of aromatic hydroxyl groups is 1. The molecule has 3 aromatic carbocycles. The number of nitrogens with one attached hydrogen (secondary N) is 1. The Labute approximate surface area is 222 Å². The molecule has 186 valence electrons. The molecule has 1 atom stereocenters. The maximum absolute atomic E-state index is 12.7. The van der Waals surface area contributed by atoms with Crippen molar-refractivity contribution in [3.63, 3.8) is 0 Å². The maximum atomic E-state index is 12.7. The van der Waals surface area contributed by atoms with Gasteiger partial charge in [0.05, 0.1) is 25.1 Å². The van der Waals surface area contributed by atoms with Gasteiger partial charge in [0.15, 0.2) is 11.5 Å². The van der Waals surface area contributed by atoms with Gasteiger partial charge in [0.2, 0.25) is 5.13 Å². The summed E-state index contributed by atoms with van der Waals surface area (Å²) in [5.74, 6) is -0.223. The van der Waals surface area contributed by atoms with Crippen LogP contribution in [-0.4, -0.2) is 35.0 Å². The fourth-order valence-corrected chi connectivity index (χ4v) is 4.87. The number of para-hydroxylation sites is 1. The predicted octanol–water partition coefficient (Wildman–Crippen LogP) is 5.63. The molecule has 8 nitrogen and oxygen atoms in total. The Morgan fingerprint density at radius 2 is 1.95 bits per heavy atom. The summed E-state index contributed by atoms with van der Waals surface area (Å²) in [6.45, 7) is 0. The Balaban J connectivity index is 1.36. The van der Waals surface area contributed by atoms with Crippen LogP contribution in [0.25, 0.3) is 0 Å². The fourth-order valence-electron chi connectivity index (χ4n) is 3.94. The number of ether oxygens (including phenoxy) is 1. The Morgan fingerprint density at radius 3 is 2.70 bits per heavy atom. The van der Waals surface area contributed by atoms with Crippen molar-refractivity contribution in [2.45, 2.75) is 12.5 Å². The number of amides is 1. The number of methoxy groups -OCH3 is 1. The van der Waals surface area contributed by atoms with Crippen LogP contribution in [0.2, 0.25) is 5.02 Å².